The molecule has 20 heavy (non-hydrogen) atoms. The van der Waals surface area contributed by atoms with Crippen molar-refractivity contribution in [2.45, 2.75) is 38.2 Å². The van der Waals surface area contributed by atoms with Crippen molar-refractivity contribution in [3.05, 3.63) is 28.7 Å². The Bertz CT molecular complexity index is 454. The number of carbonyl (C=O) groups is 1. The second-order valence-electron chi connectivity index (χ2n) is 4.82. The Kier molecular flexibility index (Phi) is 5.61. The van der Waals surface area contributed by atoms with Crippen molar-refractivity contribution in [3.63, 3.8) is 0 Å². The highest BCUT2D eigenvalue weighted by Crippen LogP contribution is 2.16. The fraction of sp³-hybridized carbons (Fsp3) is 0.571. The average molecular weight is 278 g/mol. The predicted molar refractivity (Wildman–Crippen MR) is 74.2 cm³/mol. The van der Waals surface area contributed by atoms with Crippen molar-refractivity contribution >= 4 is 11.6 Å². The number of nitrogens with zero attached hydrogens (tertiary/aromatic N) is 2. The van der Waals surface area contributed by atoms with Gasteiger partial charge in [0.2, 0.25) is 0 Å². The van der Waals surface area contributed by atoms with Gasteiger partial charge in [0.1, 0.15) is 6.10 Å². The van der Waals surface area contributed by atoms with E-state index in [2.05, 4.69) is 28.6 Å². The van der Waals surface area contributed by atoms with Crippen LogP contribution in [0.1, 0.15) is 32.1 Å². The molecule has 0 fully saturated rings. The molecule has 0 saturated carbocycles. The number of allylic oxidation sites excluding steroid dienone is 2. The minimum absolute atomic E-state index is 0.114. The molecule has 6 nitrogen and oxygen atoms in total. The van der Waals surface area contributed by atoms with Crippen LogP contribution >= 0.6 is 0 Å². The summed E-state index contributed by atoms with van der Waals surface area (Å²) in [7, 11) is 0. The van der Waals surface area contributed by atoms with E-state index in [1.807, 2.05) is 0 Å². The first-order valence-corrected chi connectivity index (χ1v) is 6.83. The number of carbonyl (C=O) groups excluding carboxylic acids is 1. The summed E-state index contributed by atoms with van der Waals surface area (Å²) in [6.45, 7) is 1.28. The average Bonchev–Trinajstić information content (AvgIpc) is 2.96. The Morgan fingerprint density at radius 1 is 1.50 bits per heavy atom. The predicted octanol–water partition coefficient (Wildman–Crippen LogP) is 2.50. The van der Waals surface area contributed by atoms with Crippen LogP contribution in [-0.2, 0) is 14.4 Å². The lowest BCUT2D eigenvalue weighted by Gasteiger charge is -2.10. The van der Waals surface area contributed by atoms with Gasteiger partial charge in [0.05, 0.1) is 6.61 Å². The first-order valence-electron chi connectivity index (χ1n) is 6.83. The molecular weight excluding hydrogens is 260 g/mol. The van der Waals surface area contributed by atoms with Gasteiger partial charge in [0.25, 0.3) is 0 Å². The van der Waals surface area contributed by atoms with Gasteiger partial charge in [0, 0.05) is 18.2 Å². The first-order chi connectivity index (χ1) is 9.79. The SMILES string of the molecule is O=NC(=O)C1=NOC(CCCOCC2=CCCC=C2)C1. The maximum absolute atomic E-state index is 11.0. The molecule has 1 aliphatic carbocycles. The Morgan fingerprint density at radius 3 is 3.15 bits per heavy atom. The summed E-state index contributed by atoms with van der Waals surface area (Å²) in [5, 5.41) is 5.90. The van der Waals surface area contributed by atoms with Crippen LogP contribution in [0.15, 0.2) is 34.1 Å². The molecule has 1 atom stereocenters. The third-order valence-corrected chi connectivity index (χ3v) is 3.22. The number of hydrogen-bond donors (Lipinski definition) is 0. The van der Waals surface area contributed by atoms with E-state index in [4.69, 9.17) is 9.57 Å². The highest BCUT2D eigenvalue weighted by Gasteiger charge is 2.26. The third-order valence-electron chi connectivity index (χ3n) is 3.22. The van der Waals surface area contributed by atoms with E-state index in [1.54, 1.807) is 0 Å². The Balaban J connectivity index is 1.54. The fourth-order valence-electron chi connectivity index (χ4n) is 2.14. The molecule has 0 spiro atoms. The van der Waals surface area contributed by atoms with Crippen LogP contribution in [0, 0.1) is 4.91 Å². The van der Waals surface area contributed by atoms with Crippen LogP contribution in [0.5, 0.6) is 0 Å². The van der Waals surface area contributed by atoms with Gasteiger partial charge in [0.15, 0.2) is 5.71 Å². The van der Waals surface area contributed by atoms with Gasteiger partial charge >= 0.3 is 5.91 Å². The lowest BCUT2D eigenvalue weighted by molar-refractivity contribution is -0.112. The molecule has 6 heteroatoms. The largest absolute Gasteiger partial charge is 0.392 e. The molecule has 0 radical (unpaired) electrons. The summed E-state index contributed by atoms with van der Waals surface area (Å²) in [5.41, 5.74) is 1.34. The molecule has 1 heterocycles. The van der Waals surface area contributed by atoms with E-state index < -0.39 is 5.91 Å². The van der Waals surface area contributed by atoms with Gasteiger partial charge in [-0.2, -0.15) is 0 Å². The van der Waals surface area contributed by atoms with E-state index in [9.17, 15) is 9.70 Å². The normalized spacial score (nSPS) is 21.1. The first kappa shape index (κ1) is 14.6. The maximum Gasteiger partial charge on any atom is 0.334 e. The summed E-state index contributed by atoms with van der Waals surface area (Å²) < 4.78 is 5.58. The number of oxime groups is 1. The van der Waals surface area contributed by atoms with Gasteiger partial charge in [-0.15, -0.1) is 4.91 Å². The number of hydrogen-bond acceptors (Lipinski definition) is 5. The van der Waals surface area contributed by atoms with Gasteiger partial charge < -0.3 is 9.57 Å². The monoisotopic (exact) mass is 278 g/mol. The minimum atomic E-state index is -0.834. The molecule has 0 aromatic heterocycles. The van der Waals surface area contributed by atoms with Crippen LogP contribution in [0.2, 0.25) is 0 Å². The van der Waals surface area contributed by atoms with E-state index >= 15 is 0 Å². The summed E-state index contributed by atoms with van der Waals surface area (Å²) in [4.78, 5) is 26.1. The van der Waals surface area contributed by atoms with Gasteiger partial charge in [-0.3, -0.25) is 4.79 Å². The summed E-state index contributed by atoms with van der Waals surface area (Å²) >= 11 is 0. The standard InChI is InChI=1S/C14H18N2O4/c17-14(15-18)13-9-12(20-16-13)7-4-8-19-10-11-5-2-1-3-6-11/h2,5-6,12H,1,3-4,7-10H2. The number of amides is 1. The molecule has 1 aliphatic heterocycles. The molecular formula is C14H18N2O4. The molecule has 108 valence electrons. The molecule has 2 aliphatic rings. The molecule has 1 unspecified atom stereocenters. The van der Waals surface area contributed by atoms with Crippen LogP contribution in [0.25, 0.3) is 0 Å². The number of nitroso groups, excluding NO2 is 1. The lowest BCUT2D eigenvalue weighted by Crippen LogP contribution is -2.14. The van der Waals surface area contributed by atoms with Crippen LogP contribution in [0.4, 0.5) is 0 Å². The van der Waals surface area contributed by atoms with E-state index in [-0.39, 0.29) is 11.8 Å². The van der Waals surface area contributed by atoms with Crippen LogP contribution in [-0.4, -0.2) is 30.9 Å². The van der Waals surface area contributed by atoms with Gasteiger partial charge in [-0.25, -0.2) is 0 Å². The third kappa shape index (κ3) is 4.38. The zero-order chi connectivity index (χ0) is 14.2. The summed E-state index contributed by atoms with van der Waals surface area (Å²) in [6, 6.07) is 0. The van der Waals surface area contributed by atoms with E-state index in [0.717, 1.165) is 25.7 Å². The molecule has 2 rings (SSSR count). The topological polar surface area (TPSA) is 77.3 Å². The lowest BCUT2D eigenvalue weighted by atomic mass is 10.1. The number of rotatable bonds is 7. The Hall–Kier alpha value is -1.82. The van der Waals surface area contributed by atoms with Gasteiger partial charge in [-0.05, 0) is 31.3 Å². The molecule has 1 amide bonds. The second kappa shape index (κ2) is 7.69. The van der Waals surface area contributed by atoms with Crippen molar-refractivity contribution in [1.29, 1.82) is 0 Å². The van der Waals surface area contributed by atoms with Crippen molar-refractivity contribution in [3.8, 4) is 0 Å². The van der Waals surface area contributed by atoms with Crippen LogP contribution < -0.4 is 0 Å². The Morgan fingerprint density at radius 2 is 2.40 bits per heavy atom. The number of ether oxygens (including phenoxy) is 1. The summed E-state index contributed by atoms with van der Waals surface area (Å²) in [6.07, 6.45) is 10.4. The van der Waals surface area contributed by atoms with Crippen molar-refractivity contribution in [2.24, 2.45) is 10.3 Å². The van der Waals surface area contributed by atoms with Gasteiger partial charge in [-0.1, -0.05) is 23.4 Å². The highest BCUT2D eigenvalue weighted by molar-refractivity contribution is 6.39. The van der Waals surface area contributed by atoms with Crippen molar-refractivity contribution < 1.29 is 14.4 Å². The van der Waals surface area contributed by atoms with Crippen molar-refractivity contribution in [1.82, 2.24) is 0 Å². The van der Waals surface area contributed by atoms with E-state index in [1.165, 1.54) is 5.57 Å². The summed E-state index contributed by atoms with van der Waals surface area (Å²) in [5.74, 6) is -0.834. The second-order valence-corrected chi connectivity index (χ2v) is 4.82. The zero-order valence-electron chi connectivity index (χ0n) is 11.3. The smallest absolute Gasteiger partial charge is 0.334 e. The van der Waals surface area contributed by atoms with Crippen molar-refractivity contribution in [2.75, 3.05) is 13.2 Å². The molecule has 0 bridgehead atoms. The fourth-order valence-corrected chi connectivity index (χ4v) is 2.14. The molecule has 0 N–H and O–H groups in total. The molecule has 0 aromatic rings. The highest BCUT2D eigenvalue weighted by atomic mass is 16.6. The molecule has 0 aromatic carbocycles. The van der Waals surface area contributed by atoms with E-state index in [0.29, 0.717) is 19.6 Å². The quantitative estimate of drug-likeness (QED) is 0.529. The maximum atomic E-state index is 11.0. The zero-order valence-corrected chi connectivity index (χ0v) is 11.3. The van der Waals surface area contributed by atoms with Crippen LogP contribution in [0.3, 0.4) is 0 Å². The Labute approximate surface area is 117 Å². The molecule has 0 saturated heterocycles. The minimum Gasteiger partial charge on any atom is -0.392 e.